The Balaban J connectivity index is 1.44. The molecule has 0 aromatic carbocycles. The van der Waals surface area contributed by atoms with Crippen LogP contribution in [-0.2, 0) is 12.8 Å². The van der Waals surface area contributed by atoms with Gasteiger partial charge in [-0.25, -0.2) is 9.97 Å². The molecule has 32 heavy (non-hydrogen) atoms. The second kappa shape index (κ2) is 11.7. The van der Waals surface area contributed by atoms with Crippen LogP contribution in [0.4, 0.5) is 0 Å². The molecule has 0 aliphatic rings. The van der Waals surface area contributed by atoms with Crippen molar-refractivity contribution in [3.63, 3.8) is 0 Å². The van der Waals surface area contributed by atoms with Crippen molar-refractivity contribution in [1.29, 1.82) is 0 Å². The van der Waals surface area contributed by atoms with Crippen LogP contribution >= 0.6 is 22.7 Å². The van der Waals surface area contributed by atoms with Gasteiger partial charge in [0.05, 0.1) is 32.2 Å². The summed E-state index contributed by atoms with van der Waals surface area (Å²) in [6.07, 6.45) is 12.9. The average Bonchev–Trinajstić information content (AvgIpc) is 3.49. The highest BCUT2D eigenvalue weighted by molar-refractivity contribution is 7.15. The van der Waals surface area contributed by atoms with Gasteiger partial charge in [0.25, 0.3) is 0 Å². The number of aryl methyl sites for hydroxylation is 2. The number of fused-ring (bicyclic) bond motifs is 1. The molecule has 4 aromatic heterocycles. The Morgan fingerprint density at radius 1 is 0.531 bits per heavy atom. The van der Waals surface area contributed by atoms with Gasteiger partial charge in [0, 0.05) is 9.75 Å². The average molecular weight is 463 g/mol. The van der Waals surface area contributed by atoms with Crippen LogP contribution < -0.4 is 0 Å². The van der Waals surface area contributed by atoms with Crippen molar-refractivity contribution in [3.8, 4) is 21.1 Å². The van der Waals surface area contributed by atoms with E-state index in [0.717, 1.165) is 22.4 Å². The van der Waals surface area contributed by atoms with E-state index in [9.17, 15) is 0 Å². The Morgan fingerprint density at radius 3 is 1.44 bits per heavy atom. The molecule has 0 amide bonds. The zero-order chi connectivity index (χ0) is 22.2. The summed E-state index contributed by atoms with van der Waals surface area (Å²) in [6, 6.07) is 17.5. The van der Waals surface area contributed by atoms with Gasteiger partial charge in [0.2, 0.25) is 0 Å². The first-order valence-corrected chi connectivity index (χ1v) is 13.9. The second-order valence-corrected chi connectivity index (χ2v) is 10.9. The predicted molar refractivity (Wildman–Crippen MR) is 142 cm³/mol. The molecule has 0 aliphatic heterocycles. The molecule has 0 unspecified atom stereocenters. The van der Waals surface area contributed by atoms with Crippen LogP contribution in [0.5, 0.6) is 0 Å². The van der Waals surface area contributed by atoms with Crippen LogP contribution in [0.1, 0.15) is 75.0 Å². The van der Waals surface area contributed by atoms with E-state index in [1.165, 1.54) is 83.7 Å². The molecule has 2 nitrogen and oxygen atoms in total. The van der Waals surface area contributed by atoms with Crippen molar-refractivity contribution >= 4 is 33.7 Å². The fraction of sp³-hybridized carbons (Fsp3) is 0.429. The lowest BCUT2D eigenvalue weighted by Gasteiger charge is -2.03. The summed E-state index contributed by atoms with van der Waals surface area (Å²) < 4.78 is 0. The summed E-state index contributed by atoms with van der Waals surface area (Å²) in [7, 11) is 0. The molecule has 4 heterocycles. The van der Waals surface area contributed by atoms with Crippen LogP contribution in [0.2, 0.25) is 0 Å². The molecule has 4 aromatic rings. The van der Waals surface area contributed by atoms with Crippen LogP contribution in [0.25, 0.3) is 32.2 Å². The Bertz CT molecular complexity index is 1040. The van der Waals surface area contributed by atoms with Crippen molar-refractivity contribution in [2.24, 2.45) is 0 Å². The van der Waals surface area contributed by atoms with Crippen molar-refractivity contribution in [3.05, 3.63) is 58.3 Å². The van der Waals surface area contributed by atoms with E-state index >= 15 is 0 Å². The van der Waals surface area contributed by atoms with Gasteiger partial charge >= 0.3 is 0 Å². The Hall–Kier alpha value is -2.04. The summed E-state index contributed by atoms with van der Waals surface area (Å²) in [5, 5.41) is 0. The normalized spacial score (nSPS) is 11.4. The maximum absolute atomic E-state index is 4.92. The largest absolute Gasteiger partial charge is 0.245 e. The lowest BCUT2D eigenvalue weighted by molar-refractivity contribution is 0.670. The third-order valence-electron chi connectivity index (χ3n) is 5.92. The monoisotopic (exact) mass is 462 g/mol. The van der Waals surface area contributed by atoms with Gasteiger partial charge in [-0.2, -0.15) is 0 Å². The summed E-state index contributed by atoms with van der Waals surface area (Å²) in [6.45, 7) is 4.53. The number of pyridine rings is 2. The van der Waals surface area contributed by atoms with Crippen molar-refractivity contribution in [2.75, 3.05) is 0 Å². The maximum atomic E-state index is 4.92. The van der Waals surface area contributed by atoms with Crippen molar-refractivity contribution in [2.45, 2.75) is 78.1 Å². The summed E-state index contributed by atoms with van der Waals surface area (Å²) in [4.78, 5) is 15.3. The minimum Gasteiger partial charge on any atom is -0.245 e. The SMILES string of the molecule is CCCCCCc1ccc(-c2ccc3nc(-c4ccc(CCCCCC)s4)ccc3n2)s1. The molecule has 0 fully saturated rings. The summed E-state index contributed by atoms with van der Waals surface area (Å²) >= 11 is 3.77. The van der Waals surface area contributed by atoms with Gasteiger partial charge in [0.1, 0.15) is 0 Å². The zero-order valence-electron chi connectivity index (χ0n) is 19.4. The van der Waals surface area contributed by atoms with Gasteiger partial charge in [-0.1, -0.05) is 52.4 Å². The lowest BCUT2D eigenvalue weighted by atomic mass is 10.1. The molecule has 168 valence electrons. The van der Waals surface area contributed by atoms with E-state index in [1.807, 2.05) is 22.7 Å². The molecule has 0 atom stereocenters. The smallest absolute Gasteiger partial charge is 0.0895 e. The molecule has 4 rings (SSSR count). The standard InChI is InChI=1S/C28H34N2S2/c1-3-5-7-9-11-21-13-19-27(31-21)25-17-15-24-23(29-25)16-18-26(30-24)28-20-14-22(32-28)12-10-8-6-4-2/h13-20H,3-12H2,1-2H3. The number of aromatic nitrogens is 2. The Kier molecular flexibility index (Phi) is 8.47. The first-order chi connectivity index (χ1) is 15.8. The molecule has 0 spiro atoms. The lowest BCUT2D eigenvalue weighted by Crippen LogP contribution is -1.87. The first kappa shape index (κ1) is 23.1. The van der Waals surface area contributed by atoms with E-state index in [-0.39, 0.29) is 0 Å². The van der Waals surface area contributed by atoms with E-state index in [4.69, 9.17) is 9.97 Å². The highest BCUT2D eigenvalue weighted by Gasteiger charge is 2.09. The van der Waals surface area contributed by atoms with E-state index in [2.05, 4.69) is 62.4 Å². The predicted octanol–water partition coefficient (Wildman–Crippen LogP) is 9.33. The molecule has 0 aliphatic carbocycles. The van der Waals surface area contributed by atoms with Crippen LogP contribution in [-0.4, -0.2) is 9.97 Å². The van der Waals surface area contributed by atoms with E-state index in [0.29, 0.717) is 0 Å². The molecule has 0 saturated carbocycles. The number of thiophene rings is 2. The Labute approximate surface area is 200 Å². The first-order valence-electron chi connectivity index (χ1n) is 12.2. The highest BCUT2D eigenvalue weighted by Crippen LogP contribution is 2.31. The number of rotatable bonds is 12. The summed E-state index contributed by atoms with van der Waals surface area (Å²) in [5.74, 6) is 0. The van der Waals surface area contributed by atoms with Crippen molar-refractivity contribution in [1.82, 2.24) is 9.97 Å². The third kappa shape index (κ3) is 6.05. The van der Waals surface area contributed by atoms with E-state index < -0.39 is 0 Å². The van der Waals surface area contributed by atoms with Gasteiger partial charge < -0.3 is 0 Å². The third-order valence-corrected chi connectivity index (χ3v) is 8.26. The minimum atomic E-state index is 0.973. The number of nitrogens with zero attached hydrogens (tertiary/aromatic N) is 2. The van der Waals surface area contributed by atoms with Crippen LogP contribution in [0.15, 0.2) is 48.5 Å². The van der Waals surface area contributed by atoms with Crippen LogP contribution in [0, 0.1) is 0 Å². The molecule has 0 N–H and O–H groups in total. The minimum absolute atomic E-state index is 0.973. The van der Waals surface area contributed by atoms with Gasteiger partial charge in [-0.05, 0) is 74.2 Å². The molecule has 0 bridgehead atoms. The molecule has 4 heteroatoms. The van der Waals surface area contributed by atoms with Gasteiger partial charge in [-0.15, -0.1) is 22.7 Å². The molecular formula is C28H34N2S2. The number of hydrogen-bond donors (Lipinski definition) is 0. The second-order valence-electron chi connectivity index (χ2n) is 8.58. The Morgan fingerprint density at radius 2 is 1.00 bits per heavy atom. The van der Waals surface area contributed by atoms with E-state index in [1.54, 1.807) is 0 Å². The zero-order valence-corrected chi connectivity index (χ0v) is 21.0. The van der Waals surface area contributed by atoms with Crippen LogP contribution in [0.3, 0.4) is 0 Å². The maximum Gasteiger partial charge on any atom is 0.0895 e. The van der Waals surface area contributed by atoms with Crippen molar-refractivity contribution < 1.29 is 0 Å². The summed E-state index contributed by atoms with van der Waals surface area (Å²) in [5.41, 5.74) is 4.06. The fourth-order valence-corrected chi connectivity index (χ4v) is 6.07. The quantitative estimate of drug-likeness (QED) is 0.196. The highest BCUT2D eigenvalue weighted by atomic mass is 32.1. The molecule has 0 saturated heterocycles. The number of hydrogen-bond acceptors (Lipinski definition) is 4. The van der Waals surface area contributed by atoms with Gasteiger partial charge in [-0.3, -0.25) is 0 Å². The molecular weight excluding hydrogens is 428 g/mol. The molecule has 0 radical (unpaired) electrons. The van der Waals surface area contributed by atoms with Gasteiger partial charge in [0.15, 0.2) is 0 Å². The topological polar surface area (TPSA) is 25.8 Å². The number of unbranched alkanes of at least 4 members (excludes halogenated alkanes) is 6. The fourth-order valence-electron chi connectivity index (χ4n) is 4.04.